The number of anilines is 2. The van der Waals surface area contributed by atoms with Crippen molar-refractivity contribution in [3.8, 4) is 0 Å². The summed E-state index contributed by atoms with van der Waals surface area (Å²) in [5.41, 5.74) is 8.85. The highest BCUT2D eigenvalue weighted by molar-refractivity contribution is 5.97. The first-order valence-electron chi connectivity index (χ1n) is 6.24. The predicted molar refractivity (Wildman–Crippen MR) is 78.5 cm³/mol. The fraction of sp³-hybridized carbons (Fsp3) is 0.200. The van der Waals surface area contributed by atoms with Gasteiger partial charge in [0.2, 0.25) is 0 Å². The number of carbonyl (C=O) groups is 1. The summed E-state index contributed by atoms with van der Waals surface area (Å²) < 4.78 is 4.68. The molecule has 0 fully saturated rings. The molecule has 0 atom stereocenters. The summed E-state index contributed by atoms with van der Waals surface area (Å²) in [5.74, 6) is 0.0120. The lowest BCUT2D eigenvalue weighted by Gasteiger charge is -2.11. The van der Waals surface area contributed by atoms with Crippen molar-refractivity contribution in [2.75, 3.05) is 18.2 Å². The van der Waals surface area contributed by atoms with E-state index in [2.05, 4.69) is 21.1 Å². The summed E-state index contributed by atoms with van der Waals surface area (Å²) in [5, 5.41) is 3.13. The van der Waals surface area contributed by atoms with Gasteiger partial charge >= 0.3 is 5.97 Å². The van der Waals surface area contributed by atoms with Crippen molar-refractivity contribution in [3.05, 3.63) is 53.2 Å². The Hall–Kier alpha value is -2.56. The first-order valence-corrected chi connectivity index (χ1v) is 6.24. The minimum absolute atomic E-state index is 0.298. The Kier molecular flexibility index (Phi) is 4.20. The summed E-state index contributed by atoms with van der Waals surface area (Å²) in [6, 6.07) is 9.66. The number of esters is 1. The number of benzene rings is 1. The number of nitrogens with one attached hydrogen (secondary N) is 1. The highest BCUT2D eigenvalue weighted by Gasteiger charge is 2.13. The lowest BCUT2D eigenvalue weighted by atomic mass is 10.1. The normalized spacial score (nSPS) is 10.1. The van der Waals surface area contributed by atoms with Crippen molar-refractivity contribution < 1.29 is 9.53 Å². The molecule has 0 bridgehead atoms. The molecule has 0 spiro atoms. The van der Waals surface area contributed by atoms with Gasteiger partial charge in [-0.05, 0) is 18.6 Å². The van der Waals surface area contributed by atoms with E-state index in [1.54, 1.807) is 6.07 Å². The molecular formula is C15H17N3O2. The second-order valence-corrected chi connectivity index (χ2v) is 4.45. The fourth-order valence-electron chi connectivity index (χ4n) is 1.91. The van der Waals surface area contributed by atoms with Crippen molar-refractivity contribution in [2.45, 2.75) is 13.5 Å². The zero-order valence-corrected chi connectivity index (χ0v) is 11.5. The standard InChI is InChI=1S/C15H17N3O2/c1-10-4-3-5-11(8-10)9-18-14-13(16)12(6-7-17-14)15(19)20-2/h3-8H,9,16H2,1-2H3,(H,17,18). The number of ether oxygens (including phenoxy) is 1. The maximum Gasteiger partial charge on any atom is 0.340 e. The van der Waals surface area contributed by atoms with Gasteiger partial charge in [-0.2, -0.15) is 0 Å². The SMILES string of the molecule is COC(=O)c1ccnc(NCc2cccc(C)c2)c1N. The molecule has 1 heterocycles. The van der Waals surface area contributed by atoms with Gasteiger partial charge in [-0.15, -0.1) is 0 Å². The van der Waals surface area contributed by atoms with Crippen LogP contribution in [0.2, 0.25) is 0 Å². The van der Waals surface area contributed by atoms with Crippen LogP contribution < -0.4 is 11.1 Å². The number of hydrogen-bond donors (Lipinski definition) is 2. The minimum atomic E-state index is -0.469. The molecule has 5 nitrogen and oxygen atoms in total. The van der Waals surface area contributed by atoms with Crippen LogP contribution in [0, 0.1) is 6.92 Å². The second-order valence-electron chi connectivity index (χ2n) is 4.45. The van der Waals surface area contributed by atoms with Gasteiger partial charge in [0.15, 0.2) is 0 Å². The van der Waals surface area contributed by atoms with Gasteiger partial charge in [-0.1, -0.05) is 29.8 Å². The van der Waals surface area contributed by atoms with E-state index < -0.39 is 5.97 Å². The van der Waals surface area contributed by atoms with Crippen LogP contribution in [0.1, 0.15) is 21.5 Å². The Balaban J connectivity index is 2.16. The molecule has 1 aromatic carbocycles. The molecule has 0 saturated carbocycles. The van der Waals surface area contributed by atoms with Crippen LogP contribution in [0.25, 0.3) is 0 Å². The number of pyridine rings is 1. The number of nitrogens with zero attached hydrogens (tertiary/aromatic N) is 1. The van der Waals surface area contributed by atoms with Crippen LogP contribution in [0.15, 0.2) is 36.5 Å². The van der Waals surface area contributed by atoms with E-state index in [4.69, 9.17) is 5.73 Å². The molecule has 0 aliphatic carbocycles. The summed E-state index contributed by atoms with van der Waals surface area (Å²) in [6.45, 7) is 2.62. The molecular weight excluding hydrogens is 254 g/mol. The van der Waals surface area contributed by atoms with Crippen molar-refractivity contribution in [1.29, 1.82) is 0 Å². The summed E-state index contributed by atoms with van der Waals surface area (Å²) >= 11 is 0. The lowest BCUT2D eigenvalue weighted by molar-refractivity contribution is 0.0602. The number of aromatic nitrogens is 1. The summed E-state index contributed by atoms with van der Waals surface area (Å²) in [6.07, 6.45) is 1.53. The molecule has 2 aromatic rings. The molecule has 0 aliphatic rings. The fourth-order valence-corrected chi connectivity index (χ4v) is 1.91. The van der Waals surface area contributed by atoms with E-state index in [0.29, 0.717) is 23.6 Å². The number of methoxy groups -OCH3 is 1. The number of hydrogen-bond acceptors (Lipinski definition) is 5. The number of nitrogens with two attached hydrogens (primary N) is 1. The van der Waals surface area contributed by atoms with Crippen LogP contribution in [0.5, 0.6) is 0 Å². The van der Waals surface area contributed by atoms with Crippen LogP contribution in [-0.2, 0) is 11.3 Å². The molecule has 0 amide bonds. The van der Waals surface area contributed by atoms with Gasteiger partial charge in [-0.25, -0.2) is 9.78 Å². The first-order chi connectivity index (χ1) is 9.61. The quantitative estimate of drug-likeness (QED) is 0.835. The van der Waals surface area contributed by atoms with Gasteiger partial charge in [-0.3, -0.25) is 0 Å². The highest BCUT2D eigenvalue weighted by atomic mass is 16.5. The van der Waals surface area contributed by atoms with Gasteiger partial charge in [0.25, 0.3) is 0 Å². The van der Waals surface area contributed by atoms with E-state index in [9.17, 15) is 4.79 Å². The topological polar surface area (TPSA) is 77.2 Å². The molecule has 3 N–H and O–H groups in total. The van der Waals surface area contributed by atoms with Crippen LogP contribution in [0.3, 0.4) is 0 Å². The summed E-state index contributed by atoms with van der Waals surface area (Å²) in [7, 11) is 1.32. The molecule has 0 aliphatic heterocycles. The highest BCUT2D eigenvalue weighted by Crippen LogP contribution is 2.21. The van der Waals surface area contributed by atoms with E-state index in [1.165, 1.54) is 18.9 Å². The van der Waals surface area contributed by atoms with Crippen molar-refractivity contribution >= 4 is 17.5 Å². The predicted octanol–water partition coefficient (Wildman–Crippen LogP) is 2.37. The lowest BCUT2D eigenvalue weighted by Crippen LogP contribution is -2.10. The van der Waals surface area contributed by atoms with Crippen LogP contribution in [-0.4, -0.2) is 18.1 Å². The second kappa shape index (κ2) is 6.06. The molecule has 5 heteroatoms. The number of carbonyl (C=O) groups excluding carboxylic acids is 1. The van der Waals surface area contributed by atoms with E-state index in [0.717, 1.165) is 5.56 Å². The van der Waals surface area contributed by atoms with E-state index in [-0.39, 0.29) is 0 Å². The Morgan fingerprint density at radius 1 is 1.40 bits per heavy atom. The van der Waals surface area contributed by atoms with Crippen LogP contribution in [0.4, 0.5) is 11.5 Å². The number of aryl methyl sites for hydroxylation is 1. The maximum atomic E-state index is 11.5. The molecule has 2 rings (SSSR count). The smallest absolute Gasteiger partial charge is 0.340 e. The average molecular weight is 271 g/mol. The Bertz CT molecular complexity index is 626. The first kappa shape index (κ1) is 13.9. The van der Waals surface area contributed by atoms with Gasteiger partial charge in [0, 0.05) is 12.7 Å². The number of nitrogen functional groups attached to an aromatic ring is 1. The molecule has 104 valence electrons. The average Bonchev–Trinajstić information content (AvgIpc) is 2.45. The molecule has 1 aromatic heterocycles. The van der Waals surface area contributed by atoms with E-state index >= 15 is 0 Å². The van der Waals surface area contributed by atoms with Gasteiger partial charge in [0.05, 0.1) is 18.4 Å². The molecule has 0 saturated heterocycles. The maximum absolute atomic E-state index is 11.5. The largest absolute Gasteiger partial charge is 0.465 e. The minimum Gasteiger partial charge on any atom is -0.465 e. The van der Waals surface area contributed by atoms with Gasteiger partial charge in [0.1, 0.15) is 5.82 Å². The number of rotatable bonds is 4. The zero-order valence-electron chi connectivity index (χ0n) is 11.5. The summed E-state index contributed by atoms with van der Waals surface area (Å²) in [4.78, 5) is 15.7. The van der Waals surface area contributed by atoms with Crippen molar-refractivity contribution in [2.24, 2.45) is 0 Å². The third-order valence-electron chi connectivity index (χ3n) is 2.94. The monoisotopic (exact) mass is 271 g/mol. The molecule has 0 unspecified atom stereocenters. The molecule has 0 radical (unpaired) electrons. The van der Waals surface area contributed by atoms with Crippen LogP contribution >= 0.6 is 0 Å². The Labute approximate surface area is 117 Å². The molecule has 20 heavy (non-hydrogen) atoms. The third kappa shape index (κ3) is 3.06. The zero-order chi connectivity index (χ0) is 14.5. The van der Waals surface area contributed by atoms with E-state index in [1.807, 2.05) is 25.1 Å². The van der Waals surface area contributed by atoms with Gasteiger partial charge < -0.3 is 15.8 Å². The Morgan fingerprint density at radius 2 is 2.20 bits per heavy atom. The third-order valence-corrected chi connectivity index (χ3v) is 2.94. The Morgan fingerprint density at radius 3 is 2.90 bits per heavy atom. The van der Waals surface area contributed by atoms with Crippen molar-refractivity contribution in [1.82, 2.24) is 4.98 Å². The van der Waals surface area contributed by atoms with Crippen molar-refractivity contribution in [3.63, 3.8) is 0 Å².